The minimum absolute atomic E-state index is 0.0674. The summed E-state index contributed by atoms with van der Waals surface area (Å²) in [6.45, 7) is 2.65. The molecule has 7 nitrogen and oxygen atoms in total. The molecule has 2 amide bonds. The highest BCUT2D eigenvalue weighted by Crippen LogP contribution is 2.43. The predicted octanol–water partition coefficient (Wildman–Crippen LogP) is 4.47. The first-order valence-electron chi connectivity index (χ1n) is 12.8. The standard InChI is InChI=1S/C28H33FN4O3/c1-2-10-28(15-18-7-8-18)16-25(34)33(27(30)32-28)17-19-12-20(14-21(29)13-19)26(35)31-23-9-11-36-24-6-4-3-5-22(23)24/h3-6,12-14,18,23H,2,7-11,15-17H2,1H3,(H2,30,32)(H,31,35)/t23-,28-/m1/s1. The van der Waals surface area contributed by atoms with Gasteiger partial charge in [0.05, 0.1) is 31.2 Å². The molecular weight excluding hydrogens is 459 g/mol. The topological polar surface area (TPSA) is 97.0 Å². The Bertz CT molecular complexity index is 1200. The first kappa shape index (κ1) is 24.3. The van der Waals surface area contributed by atoms with Crippen LogP contribution < -0.4 is 15.8 Å². The van der Waals surface area contributed by atoms with Crippen molar-refractivity contribution in [3.63, 3.8) is 0 Å². The molecule has 2 heterocycles. The lowest BCUT2D eigenvalue weighted by atomic mass is 9.83. The number of benzene rings is 2. The molecule has 8 heteroatoms. The Kier molecular flexibility index (Phi) is 6.69. The van der Waals surface area contributed by atoms with Gasteiger partial charge in [0.2, 0.25) is 5.91 Å². The summed E-state index contributed by atoms with van der Waals surface area (Å²) in [6, 6.07) is 11.5. The Balaban J connectivity index is 1.33. The van der Waals surface area contributed by atoms with E-state index in [1.54, 1.807) is 6.07 Å². The van der Waals surface area contributed by atoms with E-state index in [0.717, 1.165) is 30.6 Å². The Hall–Kier alpha value is -3.42. The summed E-state index contributed by atoms with van der Waals surface area (Å²) in [5.41, 5.74) is 7.45. The number of fused-ring (bicyclic) bond motifs is 1. The zero-order valence-electron chi connectivity index (χ0n) is 20.6. The van der Waals surface area contributed by atoms with Gasteiger partial charge in [0.15, 0.2) is 5.96 Å². The molecule has 2 aromatic carbocycles. The van der Waals surface area contributed by atoms with Crippen LogP contribution in [0.4, 0.5) is 4.39 Å². The second-order valence-corrected chi connectivity index (χ2v) is 10.3. The highest BCUT2D eigenvalue weighted by Gasteiger charge is 2.42. The van der Waals surface area contributed by atoms with Crippen LogP contribution in [-0.2, 0) is 11.3 Å². The molecule has 36 heavy (non-hydrogen) atoms. The van der Waals surface area contributed by atoms with Crippen LogP contribution in [-0.4, -0.2) is 34.8 Å². The molecular formula is C28H33FN4O3. The number of guanidine groups is 1. The molecule has 0 saturated heterocycles. The minimum atomic E-state index is -0.543. The molecule has 2 aromatic rings. The number of carbonyl (C=O) groups is 2. The molecule has 190 valence electrons. The zero-order valence-corrected chi connectivity index (χ0v) is 20.6. The van der Waals surface area contributed by atoms with Crippen LogP contribution >= 0.6 is 0 Å². The Morgan fingerprint density at radius 3 is 2.81 bits per heavy atom. The van der Waals surface area contributed by atoms with E-state index in [-0.39, 0.29) is 35.9 Å². The first-order chi connectivity index (χ1) is 17.4. The lowest BCUT2D eigenvalue weighted by Gasteiger charge is -2.37. The van der Waals surface area contributed by atoms with Gasteiger partial charge < -0.3 is 15.8 Å². The number of halogens is 1. The maximum absolute atomic E-state index is 14.6. The van der Waals surface area contributed by atoms with E-state index in [9.17, 15) is 14.0 Å². The normalized spacial score (nSPS) is 23.5. The van der Waals surface area contributed by atoms with Crippen LogP contribution in [0, 0.1) is 11.7 Å². The minimum Gasteiger partial charge on any atom is -0.493 e. The number of hydrogen-bond acceptors (Lipinski definition) is 5. The molecule has 3 N–H and O–H groups in total. The number of carbonyl (C=O) groups excluding carboxylic acids is 2. The third-order valence-electron chi connectivity index (χ3n) is 7.31. The van der Waals surface area contributed by atoms with E-state index in [2.05, 4.69) is 12.2 Å². The number of hydrogen-bond donors (Lipinski definition) is 2. The molecule has 1 aliphatic carbocycles. The van der Waals surface area contributed by atoms with Crippen LogP contribution in [0.2, 0.25) is 0 Å². The molecule has 0 radical (unpaired) electrons. The molecule has 0 bridgehead atoms. The van der Waals surface area contributed by atoms with Gasteiger partial charge in [0.25, 0.3) is 5.91 Å². The number of ether oxygens (including phenoxy) is 1. The summed E-state index contributed by atoms with van der Waals surface area (Å²) in [6.07, 6.45) is 5.95. The van der Waals surface area contributed by atoms with Gasteiger partial charge >= 0.3 is 0 Å². The third-order valence-corrected chi connectivity index (χ3v) is 7.31. The SMILES string of the molecule is CCC[C@@]1(CC2CC2)CC(=O)N(Cc2cc(F)cc(C(=O)N[C@@H]3CCOc4ccccc43)c2)C(N)=N1. The van der Waals surface area contributed by atoms with Crippen molar-refractivity contribution in [3.8, 4) is 5.75 Å². The number of rotatable bonds is 8. The van der Waals surface area contributed by atoms with Crippen LogP contribution in [0.5, 0.6) is 5.75 Å². The van der Waals surface area contributed by atoms with Gasteiger partial charge in [-0.2, -0.15) is 0 Å². The van der Waals surface area contributed by atoms with E-state index in [4.69, 9.17) is 15.5 Å². The third kappa shape index (κ3) is 5.22. The Labute approximate surface area is 210 Å². The molecule has 1 fully saturated rings. The van der Waals surface area contributed by atoms with Crippen molar-refractivity contribution in [2.75, 3.05) is 6.61 Å². The largest absolute Gasteiger partial charge is 0.493 e. The molecule has 2 atom stereocenters. The van der Waals surface area contributed by atoms with Crippen molar-refractivity contribution in [2.24, 2.45) is 16.6 Å². The summed E-state index contributed by atoms with van der Waals surface area (Å²) in [5.74, 6) is 0.516. The molecule has 0 spiro atoms. The average molecular weight is 493 g/mol. The first-order valence-corrected chi connectivity index (χ1v) is 12.8. The summed E-state index contributed by atoms with van der Waals surface area (Å²) in [4.78, 5) is 32.4. The summed E-state index contributed by atoms with van der Waals surface area (Å²) < 4.78 is 20.2. The summed E-state index contributed by atoms with van der Waals surface area (Å²) in [7, 11) is 0. The van der Waals surface area contributed by atoms with Gasteiger partial charge in [0, 0.05) is 17.5 Å². The Morgan fingerprint density at radius 2 is 2.06 bits per heavy atom. The molecule has 0 aromatic heterocycles. The second kappa shape index (κ2) is 9.91. The van der Waals surface area contributed by atoms with Crippen LogP contribution in [0.1, 0.15) is 79.4 Å². The van der Waals surface area contributed by atoms with E-state index < -0.39 is 11.4 Å². The highest BCUT2D eigenvalue weighted by molar-refractivity contribution is 5.99. The number of para-hydroxylation sites is 1. The van der Waals surface area contributed by atoms with Gasteiger partial charge in [-0.15, -0.1) is 0 Å². The molecule has 5 rings (SSSR count). The summed E-state index contributed by atoms with van der Waals surface area (Å²) >= 11 is 0. The van der Waals surface area contributed by atoms with E-state index in [1.807, 2.05) is 24.3 Å². The van der Waals surface area contributed by atoms with Gasteiger partial charge in [-0.3, -0.25) is 14.5 Å². The van der Waals surface area contributed by atoms with Crippen LogP contribution in [0.3, 0.4) is 0 Å². The van der Waals surface area contributed by atoms with Crippen molar-refractivity contribution >= 4 is 17.8 Å². The number of nitrogens with zero attached hydrogens (tertiary/aromatic N) is 2. The lowest BCUT2D eigenvalue weighted by Crippen LogP contribution is -2.51. The maximum atomic E-state index is 14.6. The van der Waals surface area contributed by atoms with Gasteiger partial charge in [-0.25, -0.2) is 9.38 Å². The zero-order chi connectivity index (χ0) is 25.3. The fourth-order valence-corrected chi connectivity index (χ4v) is 5.49. The van der Waals surface area contributed by atoms with Crippen molar-refractivity contribution in [1.82, 2.24) is 10.2 Å². The van der Waals surface area contributed by atoms with E-state index >= 15 is 0 Å². The number of amides is 2. The smallest absolute Gasteiger partial charge is 0.251 e. The lowest BCUT2D eigenvalue weighted by molar-refractivity contribution is -0.130. The second-order valence-electron chi connectivity index (χ2n) is 10.3. The predicted molar refractivity (Wildman–Crippen MR) is 135 cm³/mol. The highest BCUT2D eigenvalue weighted by atomic mass is 19.1. The van der Waals surface area contributed by atoms with Crippen molar-refractivity contribution in [3.05, 3.63) is 65.0 Å². The fourth-order valence-electron chi connectivity index (χ4n) is 5.49. The van der Waals surface area contributed by atoms with E-state index in [1.165, 1.54) is 29.9 Å². The van der Waals surface area contributed by atoms with Crippen molar-refractivity contribution in [2.45, 2.75) is 70.0 Å². The molecule has 2 aliphatic heterocycles. The van der Waals surface area contributed by atoms with Crippen molar-refractivity contribution in [1.29, 1.82) is 0 Å². The Morgan fingerprint density at radius 1 is 1.25 bits per heavy atom. The van der Waals surface area contributed by atoms with Crippen molar-refractivity contribution < 1.29 is 18.7 Å². The maximum Gasteiger partial charge on any atom is 0.251 e. The van der Waals surface area contributed by atoms with Gasteiger partial charge in [-0.1, -0.05) is 44.4 Å². The molecule has 3 aliphatic rings. The number of nitrogens with one attached hydrogen (secondary N) is 1. The number of aliphatic imine (C=N–C) groups is 1. The van der Waals surface area contributed by atoms with E-state index in [0.29, 0.717) is 30.9 Å². The fraction of sp³-hybridized carbons (Fsp3) is 0.464. The molecule has 0 unspecified atom stereocenters. The van der Waals surface area contributed by atoms with Gasteiger partial charge in [-0.05, 0) is 48.6 Å². The quantitative estimate of drug-likeness (QED) is 0.568. The number of nitrogens with two attached hydrogens (primary N) is 1. The van der Waals surface area contributed by atoms with Crippen LogP contribution in [0.25, 0.3) is 0 Å². The van der Waals surface area contributed by atoms with Crippen LogP contribution in [0.15, 0.2) is 47.5 Å². The van der Waals surface area contributed by atoms with Gasteiger partial charge in [0.1, 0.15) is 11.6 Å². The average Bonchev–Trinajstić information content (AvgIpc) is 3.65. The summed E-state index contributed by atoms with van der Waals surface area (Å²) in [5, 5.41) is 3.00. The monoisotopic (exact) mass is 492 g/mol. The molecule has 1 saturated carbocycles.